The first kappa shape index (κ1) is 23.1. The second-order valence-corrected chi connectivity index (χ2v) is 8.05. The van der Waals surface area contributed by atoms with Crippen molar-refractivity contribution in [1.29, 1.82) is 0 Å². The van der Waals surface area contributed by atoms with Crippen LogP contribution in [0.5, 0.6) is 0 Å². The first-order valence-electron chi connectivity index (χ1n) is 11.6. The highest BCUT2D eigenvalue weighted by Gasteiger charge is 2.19. The van der Waals surface area contributed by atoms with E-state index < -0.39 is 6.29 Å². The molecule has 2 aromatic heterocycles. The molecule has 1 amide bonds. The molecule has 1 aliphatic heterocycles. The van der Waals surface area contributed by atoms with Gasteiger partial charge in [0, 0.05) is 37.4 Å². The van der Waals surface area contributed by atoms with Gasteiger partial charge in [-0.3, -0.25) is 4.79 Å². The van der Waals surface area contributed by atoms with Crippen molar-refractivity contribution >= 4 is 11.6 Å². The molecule has 0 radical (unpaired) electrons. The summed E-state index contributed by atoms with van der Waals surface area (Å²) in [6, 6.07) is 5.94. The van der Waals surface area contributed by atoms with Crippen LogP contribution in [0.1, 0.15) is 55.0 Å². The quantitative estimate of drug-likeness (QED) is 0.496. The zero-order valence-electron chi connectivity index (χ0n) is 19.5. The Morgan fingerprint density at radius 3 is 2.73 bits per heavy atom. The lowest BCUT2D eigenvalue weighted by Crippen LogP contribution is -2.24. The Morgan fingerprint density at radius 2 is 1.94 bits per heavy atom. The van der Waals surface area contributed by atoms with Gasteiger partial charge in [0.25, 0.3) is 5.91 Å². The summed E-state index contributed by atoms with van der Waals surface area (Å²) >= 11 is 0. The maximum atomic E-state index is 12.9. The number of nitrogens with zero attached hydrogens (tertiary/aromatic N) is 6. The van der Waals surface area contributed by atoms with Crippen LogP contribution in [-0.4, -0.2) is 55.2 Å². The summed E-state index contributed by atoms with van der Waals surface area (Å²) in [6.07, 6.45) is 5.58. The summed E-state index contributed by atoms with van der Waals surface area (Å²) in [7, 11) is 0. The smallest absolute Gasteiger partial charge is 0.277 e. The number of nitrogens with one attached hydrogen (secondary N) is 1. The molecule has 33 heavy (non-hydrogen) atoms. The van der Waals surface area contributed by atoms with Gasteiger partial charge in [-0.2, -0.15) is 0 Å². The van der Waals surface area contributed by atoms with Gasteiger partial charge in [0.05, 0.1) is 12.7 Å². The van der Waals surface area contributed by atoms with Gasteiger partial charge in [0.15, 0.2) is 17.8 Å². The average Bonchev–Trinajstić information content (AvgIpc) is 3.36. The highest BCUT2D eigenvalue weighted by Crippen LogP contribution is 2.27. The van der Waals surface area contributed by atoms with E-state index in [2.05, 4.69) is 30.4 Å². The van der Waals surface area contributed by atoms with Gasteiger partial charge in [-0.25, -0.2) is 4.68 Å². The predicted octanol–water partition coefficient (Wildman–Crippen LogP) is 3.22. The van der Waals surface area contributed by atoms with E-state index >= 15 is 0 Å². The fourth-order valence-corrected chi connectivity index (χ4v) is 3.95. The minimum Gasteiger partial charge on any atom is -0.351 e. The van der Waals surface area contributed by atoms with Gasteiger partial charge in [0.2, 0.25) is 0 Å². The molecule has 1 aliphatic rings. The maximum Gasteiger partial charge on any atom is 0.277 e. The molecule has 0 unspecified atom stereocenters. The molecule has 176 valence electrons. The summed E-state index contributed by atoms with van der Waals surface area (Å²) in [6.45, 7) is 8.08. The van der Waals surface area contributed by atoms with Gasteiger partial charge in [-0.1, -0.05) is 23.8 Å². The van der Waals surface area contributed by atoms with E-state index in [0.29, 0.717) is 25.4 Å². The van der Waals surface area contributed by atoms with Crippen molar-refractivity contribution in [3.8, 4) is 11.4 Å². The van der Waals surface area contributed by atoms with Crippen LogP contribution in [0.4, 0.5) is 5.69 Å². The number of anilines is 1. The summed E-state index contributed by atoms with van der Waals surface area (Å²) in [5.41, 5.74) is 2.81. The number of rotatable bonds is 9. The van der Waals surface area contributed by atoms with Crippen LogP contribution >= 0.6 is 0 Å². The molecule has 3 heterocycles. The monoisotopic (exact) mass is 453 g/mol. The van der Waals surface area contributed by atoms with Crippen LogP contribution < -0.4 is 5.32 Å². The normalized spacial score (nSPS) is 13.7. The topological polar surface area (TPSA) is 109 Å². The Kier molecular flexibility index (Phi) is 7.46. The van der Waals surface area contributed by atoms with Crippen molar-refractivity contribution in [1.82, 2.24) is 29.8 Å². The number of amides is 1. The number of hydrogen-bond acceptors (Lipinski definition) is 7. The van der Waals surface area contributed by atoms with Crippen LogP contribution in [0.3, 0.4) is 0 Å². The van der Waals surface area contributed by atoms with E-state index in [9.17, 15) is 4.79 Å². The minimum atomic E-state index is -0.435. The predicted molar refractivity (Wildman–Crippen MR) is 123 cm³/mol. The van der Waals surface area contributed by atoms with Crippen molar-refractivity contribution in [2.75, 3.05) is 18.5 Å². The third-order valence-electron chi connectivity index (χ3n) is 5.67. The number of hydrogen-bond donors (Lipinski definition) is 1. The van der Waals surface area contributed by atoms with Gasteiger partial charge in [0.1, 0.15) is 5.82 Å². The standard InChI is InChI=1S/C23H31N7O3/c1-4-32-21(33-5-2)15-29-14-19(25-28-29)23(31)24-18-13-17(11-10-16(18)3)22-27-26-20-9-7-6-8-12-30(20)22/h10-11,13-14,21H,4-9,12,15H2,1-3H3,(H,24,31). The summed E-state index contributed by atoms with van der Waals surface area (Å²) in [5, 5.41) is 19.8. The molecular formula is C23H31N7O3. The zero-order valence-corrected chi connectivity index (χ0v) is 19.5. The summed E-state index contributed by atoms with van der Waals surface area (Å²) < 4.78 is 14.8. The zero-order chi connectivity index (χ0) is 23.2. The number of ether oxygens (including phenoxy) is 2. The van der Waals surface area contributed by atoms with Crippen LogP contribution in [0.15, 0.2) is 24.4 Å². The number of aromatic nitrogens is 6. The second kappa shape index (κ2) is 10.7. The van der Waals surface area contributed by atoms with Gasteiger partial charge in [-0.15, -0.1) is 15.3 Å². The van der Waals surface area contributed by atoms with Gasteiger partial charge in [-0.05, 0) is 45.2 Å². The summed E-state index contributed by atoms with van der Waals surface area (Å²) in [4.78, 5) is 12.9. The first-order chi connectivity index (χ1) is 16.1. The molecule has 10 heteroatoms. The van der Waals surface area contributed by atoms with E-state index in [4.69, 9.17) is 9.47 Å². The minimum absolute atomic E-state index is 0.225. The maximum absolute atomic E-state index is 12.9. The third kappa shape index (κ3) is 5.45. The number of aryl methyl sites for hydroxylation is 2. The highest BCUT2D eigenvalue weighted by molar-refractivity contribution is 6.03. The number of fused-ring (bicyclic) bond motifs is 1. The van der Waals surface area contributed by atoms with E-state index in [1.54, 1.807) is 10.9 Å². The molecule has 0 spiro atoms. The average molecular weight is 454 g/mol. The largest absolute Gasteiger partial charge is 0.351 e. The number of carbonyl (C=O) groups is 1. The van der Waals surface area contributed by atoms with Crippen molar-refractivity contribution in [3.63, 3.8) is 0 Å². The van der Waals surface area contributed by atoms with E-state index in [1.807, 2.05) is 39.0 Å². The second-order valence-electron chi connectivity index (χ2n) is 8.05. The molecule has 4 rings (SSSR count). The Hall–Kier alpha value is -3.11. The molecular weight excluding hydrogens is 422 g/mol. The highest BCUT2D eigenvalue weighted by atomic mass is 16.7. The molecule has 1 aromatic carbocycles. The lowest BCUT2D eigenvalue weighted by atomic mass is 10.1. The molecule has 0 fully saturated rings. The Morgan fingerprint density at radius 1 is 1.12 bits per heavy atom. The lowest BCUT2D eigenvalue weighted by Gasteiger charge is -2.16. The Balaban J connectivity index is 1.49. The van der Waals surface area contributed by atoms with E-state index in [0.717, 1.165) is 48.6 Å². The number of benzene rings is 1. The van der Waals surface area contributed by atoms with E-state index in [-0.39, 0.29) is 11.6 Å². The molecule has 0 saturated heterocycles. The van der Waals surface area contributed by atoms with Crippen molar-refractivity contribution in [2.45, 2.75) is 65.8 Å². The number of carbonyl (C=O) groups excluding carboxylic acids is 1. The van der Waals surface area contributed by atoms with Gasteiger partial charge >= 0.3 is 0 Å². The fourth-order valence-electron chi connectivity index (χ4n) is 3.95. The Labute approximate surface area is 193 Å². The van der Waals surface area contributed by atoms with Crippen LogP contribution in [0.25, 0.3) is 11.4 Å². The third-order valence-corrected chi connectivity index (χ3v) is 5.67. The fraction of sp³-hybridized carbons (Fsp3) is 0.522. The van der Waals surface area contributed by atoms with Gasteiger partial charge < -0.3 is 19.4 Å². The molecule has 0 aliphatic carbocycles. The van der Waals surface area contributed by atoms with Crippen molar-refractivity contribution < 1.29 is 14.3 Å². The Bertz CT molecular complexity index is 1090. The van der Waals surface area contributed by atoms with Crippen LogP contribution in [0.2, 0.25) is 0 Å². The molecule has 1 N–H and O–H groups in total. The summed E-state index contributed by atoms with van der Waals surface area (Å²) in [5.74, 6) is 1.54. The van der Waals surface area contributed by atoms with Crippen LogP contribution in [0, 0.1) is 6.92 Å². The van der Waals surface area contributed by atoms with Crippen LogP contribution in [-0.2, 0) is 29.0 Å². The van der Waals surface area contributed by atoms with Crippen molar-refractivity contribution in [3.05, 3.63) is 41.5 Å². The molecule has 3 aromatic rings. The van der Waals surface area contributed by atoms with E-state index in [1.165, 1.54) is 6.42 Å². The van der Waals surface area contributed by atoms with Crippen molar-refractivity contribution in [2.24, 2.45) is 0 Å². The first-order valence-corrected chi connectivity index (χ1v) is 11.6. The molecule has 0 bridgehead atoms. The lowest BCUT2D eigenvalue weighted by molar-refractivity contribution is -0.145. The molecule has 0 saturated carbocycles. The molecule has 10 nitrogen and oxygen atoms in total. The SMILES string of the molecule is CCOC(Cn1cc(C(=O)Nc2cc(-c3nnc4n3CCCCC4)ccc2C)nn1)OCC. The molecule has 0 atom stereocenters.